The number of carbonyl (C=O) groups excluding carboxylic acids is 1. The van der Waals surface area contributed by atoms with Gasteiger partial charge >= 0.3 is 0 Å². The van der Waals surface area contributed by atoms with Gasteiger partial charge in [-0.1, -0.05) is 18.6 Å². The third-order valence-electron chi connectivity index (χ3n) is 5.14. The molecule has 0 radical (unpaired) electrons. The predicted molar refractivity (Wildman–Crippen MR) is 86.0 cm³/mol. The number of nitrogens with one attached hydrogen (secondary N) is 2. The first-order valence-electron chi connectivity index (χ1n) is 8.41. The Kier molecular flexibility index (Phi) is 3.96. The lowest BCUT2D eigenvalue weighted by Crippen LogP contribution is -2.38. The molecule has 1 aromatic heterocycles. The van der Waals surface area contributed by atoms with E-state index in [4.69, 9.17) is 4.74 Å². The predicted octanol–water partition coefficient (Wildman–Crippen LogP) is 3.05. The number of H-pyrrole nitrogens is 1. The Bertz CT molecular complexity index is 745. The molecule has 24 heavy (non-hydrogen) atoms. The number of rotatable bonds is 5. The van der Waals surface area contributed by atoms with Crippen LogP contribution in [0.15, 0.2) is 30.3 Å². The van der Waals surface area contributed by atoms with Crippen molar-refractivity contribution in [3.63, 3.8) is 0 Å². The molecule has 0 unspecified atom stereocenters. The molecule has 126 valence electrons. The van der Waals surface area contributed by atoms with Gasteiger partial charge in [0, 0.05) is 6.04 Å². The number of halogens is 1. The van der Waals surface area contributed by atoms with Crippen molar-refractivity contribution < 1.29 is 13.9 Å². The average molecular weight is 329 g/mol. The largest absolute Gasteiger partial charge is 0.484 e. The zero-order chi connectivity index (χ0) is 16.5. The molecule has 3 atom stereocenters. The van der Waals surface area contributed by atoms with Crippen LogP contribution in [0.1, 0.15) is 41.9 Å². The molecule has 2 aliphatic rings. The molecule has 0 aliphatic heterocycles. The summed E-state index contributed by atoms with van der Waals surface area (Å²) in [6.45, 7) is 0.134. The van der Waals surface area contributed by atoms with Gasteiger partial charge in [-0.2, -0.15) is 5.10 Å². The second-order valence-electron chi connectivity index (χ2n) is 6.75. The fourth-order valence-electron chi connectivity index (χ4n) is 3.93. The number of amides is 1. The second kappa shape index (κ2) is 6.26. The number of nitrogens with zero attached hydrogens (tertiary/aromatic N) is 1. The highest BCUT2D eigenvalue weighted by atomic mass is 19.1. The van der Waals surface area contributed by atoms with Crippen LogP contribution in [0.4, 0.5) is 4.39 Å². The third kappa shape index (κ3) is 3.00. The molecule has 2 fully saturated rings. The number of fused-ring (bicyclic) bond motifs is 2. The van der Waals surface area contributed by atoms with E-state index in [1.165, 1.54) is 25.3 Å². The normalized spacial score (nSPS) is 25.0. The molecule has 2 aromatic rings. The van der Waals surface area contributed by atoms with E-state index in [2.05, 4.69) is 15.5 Å². The second-order valence-corrected chi connectivity index (χ2v) is 6.75. The highest BCUT2D eigenvalue weighted by molar-refractivity contribution is 5.92. The van der Waals surface area contributed by atoms with Crippen molar-refractivity contribution >= 4 is 5.91 Å². The van der Waals surface area contributed by atoms with Crippen LogP contribution in [0, 0.1) is 17.7 Å². The lowest BCUT2D eigenvalue weighted by atomic mass is 9.95. The molecule has 5 nitrogen and oxygen atoms in total. The van der Waals surface area contributed by atoms with Crippen LogP contribution in [0.2, 0.25) is 0 Å². The zero-order valence-electron chi connectivity index (χ0n) is 13.3. The molecule has 2 aliphatic carbocycles. The molecular formula is C18H20FN3O2. The summed E-state index contributed by atoms with van der Waals surface area (Å²) in [7, 11) is 0. The Morgan fingerprint density at radius 3 is 2.96 bits per heavy atom. The molecule has 2 saturated carbocycles. The van der Waals surface area contributed by atoms with E-state index >= 15 is 0 Å². The standard InChI is InChI=1S/C18H20FN3O2/c19-14-3-1-2-4-17(14)24-10-13-9-16(22-21-13)18(23)20-15-8-11-5-6-12(15)7-11/h1-4,9,11-12,15H,5-8,10H2,(H,20,23)(H,21,22)/t11-,12+,15-/m1/s1. The van der Waals surface area contributed by atoms with Gasteiger partial charge in [-0.15, -0.1) is 0 Å². The van der Waals surface area contributed by atoms with Crippen LogP contribution in [-0.4, -0.2) is 22.1 Å². The molecule has 6 heteroatoms. The summed E-state index contributed by atoms with van der Waals surface area (Å²) in [6.07, 6.45) is 4.85. The molecule has 1 amide bonds. The summed E-state index contributed by atoms with van der Waals surface area (Å²) < 4.78 is 18.9. The van der Waals surface area contributed by atoms with Crippen LogP contribution in [0.5, 0.6) is 5.75 Å². The maximum absolute atomic E-state index is 13.5. The summed E-state index contributed by atoms with van der Waals surface area (Å²) in [6, 6.07) is 8.16. The Morgan fingerprint density at radius 2 is 2.21 bits per heavy atom. The Balaban J connectivity index is 1.34. The van der Waals surface area contributed by atoms with Gasteiger partial charge in [-0.05, 0) is 49.3 Å². The molecule has 0 saturated heterocycles. The van der Waals surface area contributed by atoms with Gasteiger partial charge in [0.25, 0.3) is 5.91 Å². The maximum Gasteiger partial charge on any atom is 0.272 e. The van der Waals surface area contributed by atoms with Gasteiger partial charge in [0.1, 0.15) is 12.3 Å². The van der Waals surface area contributed by atoms with Gasteiger partial charge in [0.2, 0.25) is 0 Å². The van der Waals surface area contributed by atoms with E-state index in [0.717, 1.165) is 12.3 Å². The zero-order valence-corrected chi connectivity index (χ0v) is 13.3. The first kappa shape index (κ1) is 15.2. The number of carbonyl (C=O) groups is 1. The highest BCUT2D eigenvalue weighted by Crippen LogP contribution is 2.44. The number of benzene rings is 1. The van der Waals surface area contributed by atoms with Crippen molar-refractivity contribution in [3.8, 4) is 5.75 Å². The van der Waals surface area contributed by atoms with E-state index in [1.807, 2.05) is 0 Å². The monoisotopic (exact) mass is 329 g/mol. The third-order valence-corrected chi connectivity index (χ3v) is 5.14. The fourth-order valence-corrected chi connectivity index (χ4v) is 3.93. The summed E-state index contributed by atoms with van der Waals surface area (Å²) in [5.74, 6) is 1.03. The summed E-state index contributed by atoms with van der Waals surface area (Å²) in [5, 5.41) is 9.92. The quantitative estimate of drug-likeness (QED) is 0.886. The van der Waals surface area contributed by atoms with Crippen LogP contribution >= 0.6 is 0 Å². The van der Waals surface area contributed by atoms with E-state index in [0.29, 0.717) is 17.3 Å². The van der Waals surface area contributed by atoms with Crippen molar-refractivity contribution in [3.05, 3.63) is 47.5 Å². The van der Waals surface area contributed by atoms with Crippen molar-refractivity contribution in [1.82, 2.24) is 15.5 Å². The minimum absolute atomic E-state index is 0.134. The summed E-state index contributed by atoms with van der Waals surface area (Å²) >= 11 is 0. The molecule has 2 N–H and O–H groups in total. The fraction of sp³-hybridized carbons (Fsp3) is 0.444. The first-order chi connectivity index (χ1) is 11.7. The topological polar surface area (TPSA) is 67.0 Å². The number of hydrogen-bond donors (Lipinski definition) is 2. The number of para-hydroxylation sites is 1. The lowest BCUT2D eigenvalue weighted by molar-refractivity contribution is 0.0918. The van der Waals surface area contributed by atoms with Gasteiger partial charge < -0.3 is 10.1 Å². The van der Waals surface area contributed by atoms with E-state index in [-0.39, 0.29) is 24.3 Å². The van der Waals surface area contributed by atoms with E-state index in [1.54, 1.807) is 24.3 Å². The van der Waals surface area contributed by atoms with E-state index < -0.39 is 5.82 Å². The Morgan fingerprint density at radius 1 is 1.33 bits per heavy atom. The van der Waals surface area contributed by atoms with Crippen LogP contribution in [0.3, 0.4) is 0 Å². The maximum atomic E-state index is 13.5. The first-order valence-corrected chi connectivity index (χ1v) is 8.41. The highest BCUT2D eigenvalue weighted by Gasteiger charge is 2.40. The van der Waals surface area contributed by atoms with Crippen molar-refractivity contribution in [2.45, 2.75) is 38.3 Å². The van der Waals surface area contributed by atoms with Gasteiger partial charge in [-0.3, -0.25) is 9.89 Å². The lowest BCUT2D eigenvalue weighted by Gasteiger charge is -2.22. The van der Waals surface area contributed by atoms with Gasteiger partial charge in [0.05, 0.1) is 5.69 Å². The molecule has 2 bridgehead atoms. The van der Waals surface area contributed by atoms with Crippen LogP contribution in [0.25, 0.3) is 0 Å². The number of aromatic nitrogens is 2. The SMILES string of the molecule is O=C(N[C@@H]1C[C@@H]2CC[C@H]1C2)c1cc(COc2ccccc2F)[nH]n1. The van der Waals surface area contributed by atoms with Crippen molar-refractivity contribution in [1.29, 1.82) is 0 Å². The molecule has 4 rings (SSSR count). The van der Waals surface area contributed by atoms with Crippen LogP contribution in [-0.2, 0) is 6.61 Å². The number of hydrogen-bond acceptors (Lipinski definition) is 3. The minimum Gasteiger partial charge on any atom is -0.484 e. The van der Waals surface area contributed by atoms with Crippen LogP contribution < -0.4 is 10.1 Å². The number of ether oxygens (including phenoxy) is 1. The molecule has 1 aromatic carbocycles. The summed E-state index contributed by atoms with van der Waals surface area (Å²) in [5.41, 5.74) is 0.987. The van der Waals surface area contributed by atoms with E-state index in [9.17, 15) is 9.18 Å². The van der Waals surface area contributed by atoms with Gasteiger partial charge in [0.15, 0.2) is 11.6 Å². The Hall–Kier alpha value is -2.37. The minimum atomic E-state index is -0.411. The average Bonchev–Trinajstić information content (AvgIpc) is 3.30. The molecule has 0 spiro atoms. The smallest absolute Gasteiger partial charge is 0.272 e. The molecule has 1 heterocycles. The van der Waals surface area contributed by atoms with Crippen molar-refractivity contribution in [2.24, 2.45) is 11.8 Å². The van der Waals surface area contributed by atoms with Crippen molar-refractivity contribution in [2.75, 3.05) is 0 Å². The van der Waals surface area contributed by atoms with Gasteiger partial charge in [-0.25, -0.2) is 4.39 Å². The molecular weight excluding hydrogens is 309 g/mol. The Labute approximate surface area is 139 Å². The summed E-state index contributed by atoms with van der Waals surface area (Å²) in [4.78, 5) is 12.3. The number of aromatic amines is 1.